The summed E-state index contributed by atoms with van der Waals surface area (Å²) in [4.78, 5) is 10.7. The number of aromatic amines is 1. The SMILES string of the molecule is CCC(C)N(c1ccccc1CSc1nc2ccccc2[nH]1)C(C)CC. The molecule has 0 aliphatic heterocycles. The summed E-state index contributed by atoms with van der Waals surface area (Å²) in [6.45, 7) is 9.20. The number of thioether (sulfide) groups is 1. The fourth-order valence-corrected chi connectivity index (χ4v) is 4.21. The molecule has 0 saturated heterocycles. The monoisotopic (exact) mass is 367 g/mol. The molecule has 0 saturated carbocycles. The number of rotatable bonds is 8. The molecule has 1 heterocycles. The van der Waals surface area contributed by atoms with E-state index in [1.807, 2.05) is 12.1 Å². The summed E-state index contributed by atoms with van der Waals surface area (Å²) >= 11 is 1.78. The maximum atomic E-state index is 4.70. The second kappa shape index (κ2) is 8.63. The van der Waals surface area contributed by atoms with Gasteiger partial charge in [0.05, 0.1) is 11.0 Å². The van der Waals surface area contributed by atoms with Crippen molar-refractivity contribution in [3.05, 3.63) is 54.1 Å². The van der Waals surface area contributed by atoms with Crippen LogP contribution in [0, 0.1) is 0 Å². The van der Waals surface area contributed by atoms with E-state index in [1.54, 1.807) is 11.8 Å². The number of nitrogens with zero attached hydrogens (tertiary/aromatic N) is 2. The van der Waals surface area contributed by atoms with Crippen LogP contribution in [0.4, 0.5) is 5.69 Å². The Hall–Kier alpha value is -1.94. The quantitative estimate of drug-likeness (QED) is 0.477. The van der Waals surface area contributed by atoms with Crippen LogP contribution in [-0.2, 0) is 5.75 Å². The van der Waals surface area contributed by atoms with E-state index in [0.717, 1.165) is 34.8 Å². The van der Waals surface area contributed by atoms with Crippen LogP contribution in [0.15, 0.2) is 53.7 Å². The zero-order chi connectivity index (χ0) is 18.5. The van der Waals surface area contributed by atoms with Gasteiger partial charge >= 0.3 is 0 Å². The van der Waals surface area contributed by atoms with E-state index in [9.17, 15) is 0 Å². The molecule has 2 atom stereocenters. The molecule has 0 amide bonds. The Morgan fingerprint density at radius 2 is 1.62 bits per heavy atom. The van der Waals surface area contributed by atoms with Crippen LogP contribution in [-0.4, -0.2) is 22.1 Å². The van der Waals surface area contributed by atoms with Gasteiger partial charge in [-0.2, -0.15) is 0 Å². The average molecular weight is 368 g/mol. The molecule has 1 N–H and O–H groups in total. The highest BCUT2D eigenvalue weighted by Gasteiger charge is 2.20. The predicted molar refractivity (Wildman–Crippen MR) is 114 cm³/mol. The summed E-state index contributed by atoms with van der Waals surface area (Å²) in [6.07, 6.45) is 2.30. The van der Waals surface area contributed by atoms with E-state index in [2.05, 4.69) is 74.0 Å². The highest BCUT2D eigenvalue weighted by molar-refractivity contribution is 7.98. The van der Waals surface area contributed by atoms with Gasteiger partial charge in [-0.05, 0) is 50.5 Å². The molecule has 2 aromatic carbocycles. The first-order chi connectivity index (χ1) is 12.6. The minimum atomic E-state index is 0.530. The molecule has 26 heavy (non-hydrogen) atoms. The summed E-state index contributed by atoms with van der Waals surface area (Å²) < 4.78 is 0. The van der Waals surface area contributed by atoms with Crippen LogP contribution >= 0.6 is 11.8 Å². The van der Waals surface area contributed by atoms with Crippen molar-refractivity contribution in [3.8, 4) is 0 Å². The van der Waals surface area contributed by atoms with E-state index in [0.29, 0.717) is 12.1 Å². The maximum Gasteiger partial charge on any atom is 0.166 e. The van der Waals surface area contributed by atoms with Crippen LogP contribution in [0.2, 0.25) is 0 Å². The van der Waals surface area contributed by atoms with Crippen molar-refractivity contribution in [2.24, 2.45) is 0 Å². The first-order valence-corrected chi connectivity index (χ1v) is 10.6. The van der Waals surface area contributed by atoms with E-state index >= 15 is 0 Å². The van der Waals surface area contributed by atoms with Crippen molar-refractivity contribution >= 4 is 28.5 Å². The molecule has 0 aliphatic carbocycles. The molecule has 0 radical (unpaired) electrons. The Balaban J connectivity index is 1.83. The number of benzene rings is 2. The summed E-state index contributed by atoms with van der Waals surface area (Å²) in [5.41, 5.74) is 4.87. The Morgan fingerprint density at radius 1 is 0.962 bits per heavy atom. The molecule has 2 unspecified atom stereocenters. The van der Waals surface area contributed by atoms with E-state index in [-0.39, 0.29) is 0 Å². The topological polar surface area (TPSA) is 31.9 Å². The van der Waals surface area contributed by atoms with Crippen LogP contribution in [0.3, 0.4) is 0 Å². The van der Waals surface area contributed by atoms with Crippen molar-refractivity contribution in [1.29, 1.82) is 0 Å². The first-order valence-electron chi connectivity index (χ1n) is 9.57. The lowest BCUT2D eigenvalue weighted by Crippen LogP contribution is -2.40. The van der Waals surface area contributed by atoms with Gasteiger partial charge in [0.2, 0.25) is 0 Å². The number of aromatic nitrogens is 2. The van der Waals surface area contributed by atoms with Gasteiger partial charge < -0.3 is 9.88 Å². The van der Waals surface area contributed by atoms with Gasteiger partial charge in [-0.1, -0.05) is 55.9 Å². The fraction of sp³-hybridized carbons (Fsp3) is 0.409. The van der Waals surface area contributed by atoms with Gasteiger partial charge in [-0.25, -0.2) is 4.98 Å². The molecule has 4 heteroatoms. The van der Waals surface area contributed by atoms with Crippen LogP contribution < -0.4 is 4.90 Å². The third-order valence-electron chi connectivity index (χ3n) is 5.13. The highest BCUT2D eigenvalue weighted by atomic mass is 32.2. The summed E-state index contributed by atoms with van der Waals surface area (Å²) in [6, 6.07) is 18.1. The van der Waals surface area contributed by atoms with Gasteiger partial charge in [-0.3, -0.25) is 0 Å². The molecule has 0 spiro atoms. The molecule has 0 bridgehead atoms. The largest absolute Gasteiger partial charge is 0.366 e. The van der Waals surface area contributed by atoms with Crippen LogP contribution in [0.1, 0.15) is 46.1 Å². The number of hydrogen-bond donors (Lipinski definition) is 1. The smallest absolute Gasteiger partial charge is 0.166 e. The van der Waals surface area contributed by atoms with Gasteiger partial charge in [-0.15, -0.1) is 0 Å². The zero-order valence-corrected chi connectivity index (χ0v) is 17.0. The molecule has 3 aromatic rings. The Morgan fingerprint density at radius 3 is 2.31 bits per heavy atom. The molecule has 3 nitrogen and oxygen atoms in total. The summed E-state index contributed by atoms with van der Waals surface area (Å²) in [5.74, 6) is 0.916. The van der Waals surface area contributed by atoms with Crippen molar-refractivity contribution < 1.29 is 0 Å². The lowest BCUT2D eigenvalue weighted by molar-refractivity contribution is 0.526. The van der Waals surface area contributed by atoms with Crippen molar-refractivity contribution in [2.45, 2.75) is 63.5 Å². The van der Waals surface area contributed by atoms with Gasteiger partial charge in [0, 0.05) is 23.5 Å². The zero-order valence-electron chi connectivity index (χ0n) is 16.2. The lowest BCUT2D eigenvalue weighted by atomic mass is 10.1. The predicted octanol–water partition coefficient (Wildman–Crippen LogP) is 6.26. The third kappa shape index (κ3) is 4.07. The normalized spacial score (nSPS) is 13.7. The molecular weight excluding hydrogens is 338 g/mol. The molecule has 3 rings (SSSR count). The lowest BCUT2D eigenvalue weighted by Gasteiger charge is -2.37. The first kappa shape index (κ1) is 18.8. The number of para-hydroxylation sites is 3. The maximum absolute atomic E-state index is 4.70. The number of nitrogens with one attached hydrogen (secondary N) is 1. The highest BCUT2D eigenvalue weighted by Crippen LogP contribution is 2.31. The Labute approximate surface area is 161 Å². The number of fused-ring (bicyclic) bond motifs is 1. The second-order valence-corrected chi connectivity index (χ2v) is 7.86. The molecule has 1 aromatic heterocycles. The molecule has 138 valence electrons. The minimum Gasteiger partial charge on any atom is -0.366 e. The third-order valence-corrected chi connectivity index (χ3v) is 6.06. The molecule has 0 fully saturated rings. The van der Waals surface area contributed by atoms with Crippen molar-refractivity contribution in [3.63, 3.8) is 0 Å². The van der Waals surface area contributed by atoms with Gasteiger partial charge in [0.15, 0.2) is 5.16 Å². The number of hydrogen-bond acceptors (Lipinski definition) is 3. The second-order valence-electron chi connectivity index (χ2n) is 6.90. The van der Waals surface area contributed by atoms with Crippen LogP contribution in [0.5, 0.6) is 0 Å². The number of imidazole rings is 1. The summed E-state index contributed by atoms with van der Waals surface area (Å²) in [5, 5.41) is 0.986. The average Bonchev–Trinajstić information content (AvgIpc) is 3.10. The van der Waals surface area contributed by atoms with Crippen molar-refractivity contribution in [1.82, 2.24) is 9.97 Å². The number of anilines is 1. The fourth-order valence-electron chi connectivity index (χ4n) is 3.33. The number of H-pyrrole nitrogens is 1. The Kier molecular flexibility index (Phi) is 6.25. The molecular formula is C22H29N3S. The van der Waals surface area contributed by atoms with E-state index in [4.69, 9.17) is 4.98 Å². The minimum absolute atomic E-state index is 0.530. The van der Waals surface area contributed by atoms with E-state index in [1.165, 1.54) is 11.3 Å². The molecule has 0 aliphatic rings. The summed E-state index contributed by atoms with van der Waals surface area (Å²) in [7, 11) is 0. The van der Waals surface area contributed by atoms with E-state index < -0.39 is 0 Å². The Bertz CT molecular complexity index is 799. The van der Waals surface area contributed by atoms with Gasteiger partial charge in [0.25, 0.3) is 0 Å². The van der Waals surface area contributed by atoms with Crippen LogP contribution in [0.25, 0.3) is 11.0 Å². The van der Waals surface area contributed by atoms with Crippen molar-refractivity contribution in [2.75, 3.05) is 4.90 Å². The van der Waals surface area contributed by atoms with Gasteiger partial charge in [0.1, 0.15) is 0 Å². The standard InChI is InChI=1S/C22H29N3S/c1-5-16(3)25(17(4)6-2)21-14-10-7-11-18(21)15-26-22-23-19-12-8-9-13-20(19)24-22/h7-14,16-17H,5-6,15H2,1-4H3,(H,23,24).